The zero-order chi connectivity index (χ0) is 19.3. The van der Waals surface area contributed by atoms with E-state index in [9.17, 15) is 9.59 Å². The van der Waals surface area contributed by atoms with Crippen molar-refractivity contribution in [3.8, 4) is 10.7 Å². The second-order valence-electron chi connectivity index (χ2n) is 7.31. The molecule has 1 N–H and O–H groups in total. The average molecular weight is 404 g/mol. The van der Waals surface area contributed by atoms with Crippen LogP contribution in [0.4, 0.5) is 0 Å². The molecule has 0 atom stereocenters. The minimum atomic E-state index is 0.0145. The quantitative estimate of drug-likeness (QED) is 0.716. The molecule has 150 valence electrons. The van der Waals surface area contributed by atoms with Crippen LogP contribution in [0.2, 0.25) is 0 Å². The second-order valence-corrected chi connectivity index (χ2v) is 8.25. The Morgan fingerprint density at radius 1 is 1.25 bits per heavy atom. The van der Waals surface area contributed by atoms with Gasteiger partial charge in [0.25, 0.3) is 0 Å². The summed E-state index contributed by atoms with van der Waals surface area (Å²) in [6, 6.07) is 3.96. The minimum Gasteiger partial charge on any atom is -0.347 e. The van der Waals surface area contributed by atoms with Gasteiger partial charge in [-0.1, -0.05) is 11.2 Å². The van der Waals surface area contributed by atoms with Crippen LogP contribution < -0.4 is 5.32 Å². The number of amides is 2. The Morgan fingerprint density at radius 3 is 2.79 bits per heavy atom. The fourth-order valence-corrected chi connectivity index (χ4v) is 3.95. The standard InChI is InChI=1S/C19H25N5O3S/c25-17(13-20-19(26)14-5-6-14)24-10-8-23(9-11-24)7-1-4-16-21-18(22-27-16)15-3-2-12-28-15/h2-3,12,14H,1,4-11,13H2,(H,20,26). The maximum absolute atomic E-state index is 12.2. The molecule has 1 saturated heterocycles. The van der Waals surface area contributed by atoms with Gasteiger partial charge in [-0.2, -0.15) is 4.98 Å². The van der Waals surface area contributed by atoms with E-state index in [-0.39, 0.29) is 24.3 Å². The Kier molecular flexibility index (Phi) is 6.01. The van der Waals surface area contributed by atoms with Crippen molar-refractivity contribution in [3.05, 3.63) is 23.4 Å². The van der Waals surface area contributed by atoms with E-state index in [1.165, 1.54) is 0 Å². The highest BCUT2D eigenvalue weighted by Gasteiger charge is 2.30. The summed E-state index contributed by atoms with van der Waals surface area (Å²) in [4.78, 5) is 33.5. The molecule has 0 spiro atoms. The number of nitrogens with one attached hydrogen (secondary N) is 1. The predicted octanol–water partition coefficient (Wildman–Crippen LogP) is 1.40. The number of thiophene rings is 1. The Bertz CT molecular complexity index is 794. The number of nitrogens with zero attached hydrogens (tertiary/aromatic N) is 4. The maximum Gasteiger partial charge on any atom is 0.242 e. The SMILES string of the molecule is O=C(NCC(=O)N1CCN(CCCc2nc(-c3cccs3)no2)CC1)C1CC1. The third kappa shape index (κ3) is 4.96. The molecule has 0 aromatic carbocycles. The Morgan fingerprint density at radius 2 is 2.07 bits per heavy atom. The van der Waals surface area contributed by atoms with Gasteiger partial charge in [-0.15, -0.1) is 11.3 Å². The molecule has 0 bridgehead atoms. The summed E-state index contributed by atoms with van der Waals surface area (Å²) in [5.41, 5.74) is 0. The summed E-state index contributed by atoms with van der Waals surface area (Å²) in [6.07, 6.45) is 3.61. The third-order valence-electron chi connectivity index (χ3n) is 5.16. The molecule has 2 fully saturated rings. The number of piperazine rings is 1. The van der Waals surface area contributed by atoms with Crippen LogP contribution in [0, 0.1) is 5.92 Å². The first kappa shape index (κ1) is 19.1. The van der Waals surface area contributed by atoms with E-state index in [0.29, 0.717) is 24.8 Å². The van der Waals surface area contributed by atoms with Gasteiger partial charge in [0.05, 0.1) is 11.4 Å². The van der Waals surface area contributed by atoms with Crippen LogP contribution in [0.25, 0.3) is 10.7 Å². The van der Waals surface area contributed by atoms with Crippen molar-refractivity contribution in [2.75, 3.05) is 39.3 Å². The highest BCUT2D eigenvalue weighted by Crippen LogP contribution is 2.28. The van der Waals surface area contributed by atoms with E-state index in [1.54, 1.807) is 11.3 Å². The van der Waals surface area contributed by atoms with Crippen LogP contribution in [0.1, 0.15) is 25.2 Å². The summed E-state index contributed by atoms with van der Waals surface area (Å²) in [7, 11) is 0. The number of carbonyl (C=O) groups is 2. The zero-order valence-electron chi connectivity index (χ0n) is 15.8. The molecule has 4 rings (SSSR count). The van der Waals surface area contributed by atoms with Gasteiger partial charge in [0.1, 0.15) is 0 Å². The maximum atomic E-state index is 12.2. The summed E-state index contributed by atoms with van der Waals surface area (Å²) < 4.78 is 5.33. The summed E-state index contributed by atoms with van der Waals surface area (Å²) in [5, 5.41) is 8.78. The molecule has 9 heteroatoms. The molecule has 2 amide bonds. The van der Waals surface area contributed by atoms with E-state index in [0.717, 1.165) is 50.2 Å². The van der Waals surface area contributed by atoms with E-state index >= 15 is 0 Å². The van der Waals surface area contributed by atoms with Gasteiger partial charge in [-0.3, -0.25) is 14.5 Å². The molecular weight excluding hydrogens is 378 g/mol. The minimum absolute atomic E-state index is 0.0145. The lowest BCUT2D eigenvalue weighted by atomic mass is 10.2. The van der Waals surface area contributed by atoms with Gasteiger partial charge in [0.15, 0.2) is 0 Å². The molecular formula is C19H25N5O3S. The van der Waals surface area contributed by atoms with E-state index in [1.807, 2.05) is 22.4 Å². The lowest BCUT2D eigenvalue weighted by Gasteiger charge is -2.34. The number of hydrogen-bond donors (Lipinski definition) is 1. The molecule has 1 aliphatic heterocycles. The van der Waals surface area contributed by atoms with Crippen LogP contribution >= 0.6 is 11.3 Å². The van der Waals surface area contributed by atoms with Crippen molar-refractivity contribution in [2.45, 2.75) is 25.7 Å². The van der Waals surface area contributed by atoms with Crippen molar-refractivity contribution >= 4 is 23.2 Å². The molecule has 0 radical (unpaired) electrons. The fourth-order valence-electron chi connectivity index (χ4n) is 3.30. The van der Waals surface area contributed by atoms with E-state index in [2.05, 4.69) is 20.4 Å². The average Bonchev–Trinajstić information content (AvgIpc) is 3.22. The van der Waals surface area contributed by atoms with E-state index < -0.39 is 0 Å². The first-order chi connectivity index (χ1) is 13.7. The van der Waals surface area contributed by atoms with Crippen LogP contribution in [0.5, 0.6) is 0 Å². The third-order valence-corrected chi connectivity index (χ3v) is 6.03. The summed E-state index contributed by atoms with van der Waals surface area (Å²) in [6.45, 7) is 4.19. The second kappa shape index (κ2) is 8.83. The van der Waals surface area contributed by atoms with Crippen molar-refractivity contribution in [3.63, 3.8) is 0 Å². The number of rotatable bonds is 8. The summed E-state index contributed by atoms with van der Waals surface area (Å²) >= 11 is 1.60. The van der Waals surface area contributed by atoms with Crippen LogP contribution in [0.3, 0.4) is 0 Å². The van der Waals surface area contributed by atoms with Gasteiger partial charge >= 0.3 is 0 Å². The molecule has 1 saturated carbocycles. The number of aromatic nitrogens is 2. The van der Waals surface area contributed by atoms with Crippen molar-refractivity contribution < 1.29 is 14.1 Å². The first-order valence-corrected chi connectivity index (χ1v) is 10.7. The molecule has 2 aromatic rings. The zero-order valence-corrected chi connectivity index (χ0v) is 16.6. The smallest absolute Gasteiger partial charge is 0.242 e. The van der Waals surface area contributed by atoms with Gasteiger partial charge < -0.3 is 14.7 Å². The molecule has 28 heavy (non-hydrogen) atoms. The monoisotopic (exact) mass is 403 g/mol. The van der Waals surface area contributed by atoms with Crippen LogP contribution in [0.15, 0.2) is 22.0 Å². The number of hydrogen-bond acceptors (Lipinski definition) is 7. The van der Waals surface area contributed by atoms with Crippen LogP contribution in [-0.4, -0.2) is 71.0 Å². The predicted molar refractivity (Wildman–Crippen MR) is 105 cm³/mol. The molecule has 8 nitrogen and oxygen atoms in total. The van der Waals surface area contributed by atoms with Crippen molar-refractivity contribution in [2.24, 2.45) is 5.92 Å². The molecule has 2 aliphatic rings. The number of aryl methyl sites for hydroxylation is 1. The summed E-state index contributed by atoms with van der Waals surface area (Å²) in [5.74, 6) is 1.51. The lowest BCUT2D eigenvalue weighted by Crippen LogP contribution is -2.51. The Labute approximate surface area is 167 Å². The Balaban J connectivity index is 1.13. The highest BCUT2D eigenvalue weighted by molar-refractivity contribution is 7.13. The molecule has 3 heterocycles. The molecule has 2 aromatic heterocycles. The fraction of sp³-hybridized carbons (Fsp3) is 0.579. The first-order valence-electron chi connectivity index (χ1n) is 9.83. The highest BCUT2D eigenvalue weighted by atomic mass is 32.1. The molecule has 1 aliphatic carbocycles. The normalized spacial score (nSPS) is 17.6. The van der Waals surface area contributed by atoms with Crippen molar-refractivity contribution in [1.29, 1.82) is 0 Å². The lowest BCUT2D eigenvalue weighted by molar-refractivity contribution is -0.134. The van der Waals surface area contributed by atoms with Gasteiger partial charge in [0, 0.05) is 38.5 Å². The van der Waals surface area contributed by atoms with Crippen LogP contribution in [-0.2, 0) is 16.0 Å². The topological polar surface area (TPSA) is 91.6 Å². The van der Waals surface area contributed by atoms with Crippen molar-refractivity contribution in [1.82, 2.24) is 25.3 Å². The van der Waals surface area contributed by atoms with Gasteiger partial charge in [0.2, 0.25) is 23.5 Å². The van der Waals surface area contributed by atoms with Gasteiger partial charge in [-0.25, -0.2) is 0 Å². The Hall–Kier alpha value is -2.26. The largest absolute Gasteiger partial charge is 0.347 e. The molecule has 0 unspecified atom stereocenters. The van der Waals surface area contributed by atoms with E-state index in [4.69, 9.17) is 4.52 Å². The van der Waals surface area contributed by atoms with Gasteiger partial charge in [-0.05, 0) is 37.3 Å². The number of carbonyl (C=O) groups excluding carboxylic acids is 2.